The van der Waals surface area contributed by atoms with Crippen molar-refractivity contribution < 1.29 is 38.7 Å². The number of aromatic amines is 2. The fourth-order valence-electron chi connectivity index (χ4n) is 9.44. The number of carboxylic acids is 1. The van der Waals surface area contributed by atoms with Crippen molar-refractivity contribution in [1.29, 1.82) is 0 Å². The number of benzene rings is 4. The summed E-state index contributed by atoms with van der Waals surface area (Å²) in [6.07, 6.45) is 5.11. The lowest BCUT2D eigenvalue weighted by atomic mass is 9.82. The molecule has 1 aliphatic carbocycles. The maximum atomic E-state index is 14.7. The molecular formula is C54H62N8O8. The Morgan fingerprint density at radius 2 is 1.09 bits per heavy atom. The number of nitrogens with one attached hydrogen (secondary N) is 8. The Bertz CT molecular complexity index is 2840. The normalized spacial score (nSPS) is 14.6. The van der Waals surface area contributed by atoms with Crippen LogP contribution in [0.1, 0.15) is 80.3 Å². The van der Waals surface area contributed by atoms with Crippen LogP contribution in [0.15, 0.2) is 109 Å². The van der Waals surface area contributed by atoms with E-state index in [0.29, 0.717) is 11.1 Å². The van der Waals surface area contributed by atoms with Crippen LogP contribution in [0.3, 0.4) is 0 Å². The van der Waals surface area contributed by atoms with E-state index in [4.69, 9.17) is 0 Å². The highest BCUT2D eigenvalue weighted by Gasteiger charge is 2.38. The van der Waals surface area contributed by atoms with Crippen LogP contribution in [-0.4, -0.2) is 93.2 Å². The molecule has 6 aromatic rings. The number of H-pyrrole nitrogens is 2. The molecule has 6 amide bonds. The predicted molar refractivity (Wildman–Crippen MR) is 266 cm³/mol. The molecule has 366 valence electrons. The van der Waals surface area contributed by atoms with Crippen molar-refractivity contribution in [2.45, 2.75) is 103 Å². The number of hydrogen-bond donors (Lipinski definition) is 9. The lowest BCUT2D eigenvalue weighted by Crippen LogP contribution is -2.59. The Labute approximate surface area is 406 Å². The smallest absolute Gasteiger partial charge is 0.326 e. The van der Waals surface area contributed by atoms with Gasteiger partial charge in [0.2, 0.25) is 35.4 Å². The minimum absolute atomic E-state index is 0.000257. The van der Waals surface area contributed by atoms with Gasteiger partial charge in [0.1, 0.15) is 30.2 Å². The molecule has 0 spiro atoms. The zero-order chi connectivity index (χ0) is 50.1. The van der Waals surface area contributed by atoms with Gasteiger partial charge in [-0.15, -0.1) is 0 Å². The molecule has 1 aliphatic rings. The van der Waals surface area contributed by atoms with Crippen LogP contribution in [-0.2, 0) is 59.2 Å². The van der Waals surface area contributed by atoms with E-state index in [2.05, 4.69) is 41.9 Å². The van der Waals surface area contributed by atoms with Gasteiger partial charge < -0.3 is 47.0 Å². The first-order chi connectivity index (χ1) is 33.6. The van der Waals surface area contributed by atoms with Gasteiger partial charge in [-0.2, -0.15) is 0 Å². The SMILES string of the molecule is CC(=O)N[C@@H](C(=O)N[C@@H](CC(C)C)C(=O)N[C@@H](Cc1c[nH]c2ccccc12)C(=O)NCC(=O)N[C@H](C(=O)N[C@@H](Cc1c[nH]c2ccccc12)C(=O)O)C(C)C)C1c2ccccc2CCc2ccccc21. The highest BCUT2D eigenvalue weighted by Crippen LogP contribution is 2.37. The highest BCUT2D eigenvalue weighted by molar-refractivity contribution is 5.97. The largest absolute Gasteiger partial charge is 0.480 e. The fraction of sp³-hybridized carbons (Fsp3) is 0.352. The number of carboxylic acid groups (broad SMARTS) is 1. The zero-order valence-electron chi connectivity index (χ0n) is 40.1. The molecule has 0 saturated heterocycles. The van der Waals surface area contributed by atoms with Crippen molar-refractivity contribution >= 4 is 63.2 Å². The summed E-state index contributed by atoms with van der Waals surface area (Å²) in [5, 5.41) is 28.3. The van der Waals surface area contributed by atoms with Crippen LogP contribution in [0, 0.1) is 11.8 Å². The standard InChI is InChI=1S/C54H62N8O8/c1-30(2)24-43(60-53(68)49(58-32(5)63)47-39-18-8-6-14-33(39)22-23-34-15-7-9-19-40(34)47)51(66)59-44(25-35-27-55-41-20-12-10-16-37(35)41)50(65)57-29-46(64)62-48(31(3)4)52(67)61-45(54(69)70)26-36-28-56-42-21-13-11-17-38(36)42/h6-21,27-28,30-31,43-45,47-49,55-56H,22-26,29H2,1-5H3,(H,57,65)(H,58,63)(H,59,66)(H,60,68)(H,61,67)(H,62,64)(H,69,70)/t43-,44-,45-,48-,49+/m0/s1. The first-order valence-corrected chi connectivity index (χ1v) is 23.8. The summed E-state index contributed by atoms with van der Waals surface area (Å²) in [5.74, 6) is -6.16. The first kappa shape index (κ1) is 50.1. The molecule has 2 aromatic heterocycles. The summed E-state index contributed by atoms with van der Waals surface area (Å²) in [4.78, 5) is 102. The first-order valence-electron chi connectivity index (χ1n) is 23.8. The number of aliphatic carboxylic acids is 1. The lowest BCUT2D eigenvalue weighted by molar-refractivity contribution is -0.142. The van der Waals surface area contributed by atoms with Crippen molar-refractivity contribution in [1.82, 2.24) is 41.9 Å². The van der Waals surface area contributed by atoms with Crippen molar-refractivity contribution in [3.8, 4) is 0 Å². The summed E-state index contributed by atoms with van der Waals surface area (Å²) in [5.41, 5.74) is 6.94. The van der Waals surface area contributed by atoms with Crippen LogP contribution < -0.4 is 31.9 Å². The van der Waals surface area contributed by atoms with Crippen molar-refractivity contribution in [3.05, 3.63) is 143 Å². The van der Waals surface area contributed by atoms with E-state index in [1.54, 1.807) is 26.2 Å². The summed E-state index contributed by atoms with van der Waals surface area (Å²) < 4.78 is 0. The average Bonchev–Trinajstić information content (AvgIpc) is 3.89. The maximum absolute atomic E-state index is 14.7. The highest BCUT2D eigenvalue weighted by atomic mass is 16.4. The molecule has 0 unspecified atom stereocenters. The van der Waals surface area contributed by atoms with Crippen molar-refractivity contribution in [3.63, 3.8) is 0 Å². The summed E-state index contributed by atoms with van der Waals surface area (Å²) in [6, 6.07) is 24.6. The molecule has 16 heteroatoms. The minimum Gasteiger partial charge on any atom is -0.480 e. The molecule has 5 atom stereocenters. The van der Waals surface area contributed by atoms with Gasteiger partial charge in [0.25, 0.3) is 0 Å². The van der Waals surface area contributed by atoms with Gasteiger partial charge in [-0.05, 0) is 76.6 Å². The molecule has 7 rings (SSSR count). The second-order valence-electron chi connectivity index (χ2n) is 18.8. The van der Waals surface area contributed by atoms with E-state index in [1.165, 1.54) is 6.92 Å². The summed E-state index contributed by atoms with van der Waals surface area (Å²) in [7, 11) is 0. The number of aryl methyl sites for hydroxylation is 2. The van der Waals surface area contributed by atoms with Gasteiger partial charge in [0, 0.05) is 59.9 Å². The molecule has 70 heavy (non-hydrogen) atoms. The molecule has 0 fully saturated rings. The zero-order valence-corrected chi connectivity index (χ0v) is 40.1. The van der Waals surface area contributed by atoms with Gasteiger partial charge in [-0.3, -0.25) is 28.8 Å². The Hall–Kier alpha value is -7.75. The minimum atomic E-state index is -1.30. The second-order valence-corrected chi connectivity index (χ2v) is 18.8. The molecule has 9 N–H and O–H groups in total. The Balaban J connectivity index is 1.08. The number of rotatable bonds is 20. The van der Waals surface area contributed by atoms with E-state index < -0.39 is 90.0 Å². The number of aromatic nitrogens is 2. The number of carbonyl (C=O) groups is 7. The number of hydrogen-bond acceptors (Lipinski definition) is 7. The topological polar surface area (TPSA) is 243 Å². The van der Waals surface area contributed by atoms with Crippen molar-refractivity contribution in [2.75, 3.05) is 6.54 Å². The van der Waals surface area contributed by atoms with Gasteiger partial charge in [-0.25, -0.2) is 4.79 Å². The van der Waals surface area contributed by atoms with Gasteiger partial charge in [0.15, 0.2) is 0 Å². The maximum Gasteiger partial charge on any atom is 0.326 e. The van der Waals surface area contributed by atoms with Crippen LogP contribution in [0.5, 0.6) is 0 Å². The second kappa shape index (κ2) is 22.6. The number of amides is 6. The summed E-state index contributed by atoms with van der Waals surface area (Å²) in [6.45, 7) is 7.97. The van der Waals surface area contributed by atoms with Gasteiger partial charge in [0.05, 0.1) is 6.54 Å². The number of para-hydroxylation sites is 2. The Kier molecular flexibility index (Phi) is 16.2. The molecule has 0 radical (unpaired) electrons. The molecule has 0 aliphatic heterocycles. The molecule has 4 aromatic carbocycles. The third-order valence-corrected chi connectivity index (χ3v) is 12.9. The van der Waals surface area contributed by atoms with Gasteiger partial charge in [-0.1, -0.05) is 113 Å². The van der Waals surface area contributed by atoms with Gasteiger partial charge >= 0.3 is 5.97 Å². The third-order valence-electron chi connectivity index (χ3n) is 12.9. The molecule has 2 heterocycles. The lowest BCUT2D eigenvalue weighted by Gasteiger charge is -2.31. The van der Waals surface area contributed by atoms with E-state index in [1.807, 2.05) is 111 Å². The van der Waals surface area contributed by atoms with E-state index in [9.17, 15) is 38.7 Å². The van der Waals surface area contributed by atoms with Crippen LogP contribution in [0.2, 0.25) is 0 Å². The van der Waals surface area contributed by atoms with Crippen LogP contribution in [0.25, 0.3) is 21.8 Å². The third kappa shape index (κ3) is 12.1. The number of fused-ring (bicyclic) bond motifs is 4. The fourth-order valence-corrected chi connectivity index (χ4v) is 9.44. The molecule has 0 bridgehead atoms. The van der Waals surface area contributed by atoms with E-state index in [-0.39, 0.29) is 25.2 Å². The Morgan fingerprint density at radius 3 is 1.61 bits per heavy atom. The number of carbonyl (C=O) groups excluding carboxylic acids is 6. The Morgan fingerprint density at radius 1 is 0.586 bits per heavy atom. The van der Waals surface area contributed by atoms with E-state index in [0.717, 1.165) is 56.9 Å². The molecular weight excluding hydrogens is 889 g/mol. The van der Waals surface area contributed by atoms with Crippen molar-refractivity contribution in [2.24, 2.45) is 11.8 Å². The quantitative estimate of drug-likeness (QED) is 0.0518. The predicted octanol–water partition coefficient (Wildman–Crippen LogP) is 4.71. The van der Waals surface area contributed by atoms with E-state index >= 15 is 0 Å². The average molecular weight is 951 g/mol. The monoisotopic (exact) mass is 950 g/mol. The van der Waals surface area contributed by atoms with Crippen LogP contribution in [0.4, 0.5) is 0 Å². The summed E-state index contributed by atoms with van der Waals surface area (Å²) >= 11 is 0. The molecule has 16 nitrogen and oxygen atoms in total. The molecule has 0 saturated carbocycles. The van der Waals surface area contributed by atoms with Crippen LogP contribution >= 0.6 is 0 Å².